The van der Waals surface area contributed by atoms with E-state index < -0.39 is 28.5 Å². The number of likely N-dealkylation sites (N-methyl/N-ethyl adjacent to an activating group) is 1. The second kappa shape index (κ2) is 10.6. The van der Waals surface area contributed by atoms with E-state index in [9.17, 15) is 18.0 Å². The van der Waals surface area contributed by atoms with Crippen LogP contribution in [-0.2, 0) is 26.2 Å². The van der Waals surface area contributed by atoms with Crippen molar-refractivity contribution in [3.63, 3.8) is 0 Å². The van der Waals surface area contributed by atoms with Gasteiger partial charge in [-0.05, 0) is 50.6 Å². The Morgan fingerprint density at radius 2 is 1.77 bits per heavy atom. The summed E-state index contributed by atoms with van der Waals surface area (Å²) in [5, 5.41) is 3.17. The number of rotatable bonds is 9. The smallest absolute Gasteiger partial charge is 0.244 e. The monoisotopic (exact) mass is 465 g/mol. The van der Waals surface area contributed by atoms with Gasteiger partial charge in [0.25, 0.3) is 0 Å². The lowest BCUT2D eigenvalue weighted by molar-refractivity contribution is -0.139. The molecule has 0 radical (unpaired) electrons. The van der Waals surface area contributed by atoms with Gasteiger partial charge in [-0.2, -0.15) is 0 Å². The van der Waals surface area contributed by atoms with Crippen LogP contribution in [0.2, 0.25) is 5.02 Å². The van der Waals surface area contributed by atoms with E-state index in [2.05, 4.69) is 5.32 Å². The van der Waals surface area contributed by atoms with Gasteiger partial charge in [0, 0.05) is 18.1 Å². The number of halogens is 1. The maximum Gasteiger partial charge on any atom is 0.244 e. The van der Waals surface area contributed by atoms with E-state index in [1.54, 1.807) is 26.0 Å². The summed E-state index contributed by atoms with van der Waals surface area (Å²) in [4.78, 5) is 27.2. The van der Waals surface area contributed by atoms with Crippen LogP contribution >= 0.6 is 11.6 Å². The van der Waals surface area contributed by atoms with Gasteiger partial charge in [0.15, 0.2) is 0 Å². The van der Waals surface area contributed by atoms with Gasteiger partial charge in [-0.3, -0.25) is 13.9 Å². The van der Waals surface area contributed by atoms with E-state index in [1.807, 2.05) is 31.2 Å². The lowest BCUT2D eigenvalue weighted by Gasteiger charge is -2.31. The highest BCUT2D eigenvalue weighted by molar-refractivity contribution is 7.92. The van der Waals surface area contributed by atoms with Gasteiger partial charge in [0.05, 0.1) is 11.9 Å². The quantitative estimate of drug-likeness (QED) is 0.616. The first kappa shape index (κ1) is 24.7. The first-order valence-corrected chi connectivity index (χ1v) is 12.1. The Hall–Kier alpha value is -2.58. The van der Waals surface area contributed by atoms with Crippen LogP contribution in [-0.4, -0.2) is 50.5 Å². The molecule has 0 aliphatic rings. The standard InChI is InChI=1S/C22H28ClN3O4S/c1-5-24-22(28)17(3)25(14-18-8-6-7-16(2)13-18)21(27)15-26(31(4,29)30)20-11-9-19(23)10-12-20/h6-13,17H,5,14-15H2,1-4H3,(H,24,28)/t17-/m0/s1. The summed E-state index contributed by atoms with van der Waals surface area (Å²) in [5.74, 6) is -0.790. The van der Waals surface area contributed by atoms with Gasteiger partial charge in [-0.1, -0.05) is 41.4 Å². The molecular formula is C22H28ClN3O4S. The maximum absolute atomic E-state index is 13.3. The molecular weight excluding hydrogens is 438 g/mol. The van der Waals surface area contributed by atoms with Crippen molar-refractivity contribution in [2.75, 3.05) is 23.7 Å². The van der Waals surface area contributed by atoms with Crippen molar-refractivity contribution in [2.24, 2.45) is 0 Å². The largest absolute Gasteiger partial charge is 0.355 e. The molecule has 0 saturated heterocycles. The number of sulfonamides is 1. The molecule has 0 aliphatic heterocycles. The second-order valence-corrected chi connectivity index (χ2v) is 9.67. The number of hydrogen-bond donors (Lipinski definition) is 1. The first-order valence-electron chi connectivity index (χ1n) is 9.89. The van der Waals surface area contributed by atoms with Crippen molar-refractivity contribution in [3.05, 3.63) is 64.7 Å². The number of benzene rings is 2. The summed E-state index contributed by atoms with van der Waals surface area (Å²) < 4.78 is 25.9. The molecule has 2 rings (SSSR count). The van der Waals surface area contributed by atoms with Gasteiger partial charge in [0.1, 0.15) is 12.6 Å². The van der Waals surface area contributed by atoms with Crippen LogP contribution in [0.15, 0.2) is 48.5 Å². The summed E-state index contributed by atoms with van der Waals surface area (Å²) in [6.07, 6.45) is 1.03. The number of amides is 2. The van der Waals surface area contributed by atoms with Gasteiger partial charge in [-0.25, -0.2) is 8.42 Å². The minimum absolute atomic E-state index is 0.178. The number of anilines is 1. The van der Waals surface area contributed by atoms with Crippen LogP contribution in [0.4, 0.5) is 5.69 Å². The summed E-state index contributed by atoms with van der Waals surface area (Å²) in [7, 11) is -3.75. The van der Waals surface area contributed by atoms with Gasteiger partial charge in [0.2, 0.25) is 21.8 Å². The Bertz CT molecular complexity index is 1030. The third-order valence-electron chi connectivity index (χ3n) is 4.75. The van der Waals surface area contributed by atoms with Crippen molar-refractivity contribution in [2.45, 2.75) is 33.4 Å². The number of nitrogens with one attached hydrogen (secondary N) is 1. The van der Waals surface area contributed by atoms with Crippen molar-refractivity contribution in [1.82, 2.24) is 10.2 Å². The first-order chi connectivity index (χ1) is 14.5. The molecule has 9 heteroatoms. The highest BCUT2D eigenvalue weighted by Crippen LogP contribution is 2.21. The molecule has 0 aliphatic carbocycles. The zero-order valence-corrected chi connectivity index (χ0v) is 19.7. The maximum atomic E-state index is 13.3. The Kier molecular flexibility index (Phi) is 8.47. The minimum atomic E-state index is -3.75. The lowest BCUT2D eigenvalue weighted by Crippen LogP contribution is -2.51. The van der Waals surface area contributed by atoms with Gasteiger partial charge in [-0.15, -0.1) is 0 Å². The van der Waals surface area contributed by atoms with Crippen LogP contribution in [0.1, 0.15) is 25.0 Å². The Balaban J connectivity index is 2.37. The number of aryl methyl sites for hydroxylation is 1. The highest BCUT2D eigenvalue weighted by atomic mass is 35.5. The van der Waals surface area contributed by atoms with Crippen molar-refractivity contribution >= 4 is 39.1 Å². The predicted molar refractivity (Wildman–Crippen MR) is 124 cm³/mol. The van der Waals surface area contributed by atoms with Crippen molar-refractivity contribution in [1.29, 1.82) is 0 Å². The molecule has 1 N–H and O–H groups in total. The molecule has 0 fully saturated rings. The Morgan fingerprint density at radius 3 is 2.32 bits per heavy atom. The molecule has 168 valence electrons. The van der Waals surface area contributed by atoms with Gasteiger partial charge < -0.3 is 10.2 Å². The molecule has 2 amide bonds. The Labute approximate surface area is 189 Å². The van der Waals surface area contributed by atoms with Crippen LogP contribution in [0.25, 0.3) is 0 Å². The van der Waals surface area contributed by atoms with E-state index in [1.165, 1.54) is 17.0 Å². The topological polar surface area (TPSA) is 86.8 Å². The van der Waals surface area contributed by atoms with E-state index in [0.29, 0.717) is 17.3 Å². The average Bonchev–Trinajstić information content (AvgIpc) is 2.70. The molecule has 0 saturated carbocycles. The minimum Gasteiger partial charge on any atom is -0.355 e. The molecule has 2 aromatic rings. The van der Waals surface area contributed by atoms with Crippen LogP contribution in [0.3, 0.4) is 0 Å². The lowest BCUT2D eigenvalue weighted by atomic mass is 10.1. The fourth-order valence-electron chi connectivity index (χ4n) is 3.13. The molecule has 0 bridgehead atoms. The number of carbonyl (C=O) groups excluding carboxylic acids is 2. The fraction of sp³-hybridized carbons (Fsp3) is 0.364. The average molecular weight is 466 g/mol. The summed E-state index contributed by atoms with van der Waals surface area (Å²) in [6.45, 7) is 5.53. The van der Waals surface area contributed by atoms with Crippen LogP contribution in [0.5, 0.6) is 0 Å². The zero-order valence-electron chi connectivity index (χ0n) is 18.1. The molecule has 0 spiro atoms. The SMILES string of the molecule is CCNC(=O)[C@H](C)N(Cc1cccc(C)c1)C(=O)CN(c1ccc(Cl)cc1)S(C)(=O)=O. The second-order valence-electron chi connectivity index (χ2n) is 7.33. The van der Waals surface area contributed by atoms with Crippen LogP contribution in [0, 0.1) is 6.92 Å². The number of nitrogens with zero attached hydrogens (tertiary/aromatic N) is 2. The number of hydrogen-bond acceptors (Lipinski definition) is 4. The third kappa shape index (κ3) is 6.97. The van der Waals surface area contributed by atoms with Gasteiger partial charge >= 0.3 is 0 Å². The third-order valence-corrected chi connectivity index (χ3v) is 6.14. The molecule has 0 unspecified atom stereocenters. The Morgan fingerprint density at radius 1 is 1.13 bits per heavy atom. The fourth-order valence-corrected chi connectivity index (χ4v) is 4.11. The van der Waals surface area contributed by atoms with E-state index in [4.69, 9.17) is 11.6 Å². The summed E-state index contributed by atoms with van der Waals surface area (Å²) in [6, 6.07) is 13.0. The normalized spacial score (nSPS) is 12.2. The van der Waals surface area contributed by atoms with E-state index in [-0.39, 0.29) is 12.5 Å². The predicted octanol–water partition coefficient (Wildman–Crippen LogP) is 2.97. The molecule has 2 aromatic carbocycles. The molecule has 1 atom stereocenters. The highest BCUT2D eigenvalue weighted by Gasteiger charge is 2.29. The van der Waals surface area contributed by atoms with E-state index in [0.717, 1.165) is 21.7 Å². The summed E-state index contributed by atoms with van der Waals surface area (Å²) in [5.41, 5.74) is 2.19. The number of carbonyl (C=O) groups is 2. The molecule has 0 heterocycles. The molecule has 7 nitrogen and oxygen atoms in total. The van der Waals surface area contributed by atoms with Crippen molar-refractivity contribution in [3.8, 4) is 0 Å². The summed E-state index contributed by atoms with van der Waals surface area (Å²) >= 11 is 5.91. The molecule has 0 aromatic heterocycles. The van der Waals surface area contributed by atoms with E-state index >= 15 is 0 Å². The molecule has 31 heavy (non-hydrogen) atoms. The van der Waals surface area contributed by atoms with Crippen LogP contribution < -0.4 is 9.62 Å². The van der Waals surface area contributed by atoms with Crippen molar-refractivity contribution < 1.29 is 18.0 Å². The zero-order chi connectivity index (χ0) is 23.2.